The molecular formula is C13H23N3O2. The molecule has 2 unspecified atom stereocenters. The highest BCUT2D eigenvalue weighted by Crippen LogP contribution is 2.26. The number of amides is 2. The third kappa shape index (κ3) is 2.51. The van der Waals surface area contributed by atoms with Gasteiger partial charge in [0, 0.05) is 25.7 Å². The minimum absolute atomic E-state index is 0.0620. The first-order chi connectivity index (χ1) is 8.67. The van der Waals surface area contributed by atoms with Crippen molar-refractivity contribution in [1.82, 2.24) is 15.1 Å². The van der Waals surface area contributed by atoms with Crippen LogP contribution in [0.2, 0.25) is 0 Å². The summed E-state index contributed by atoms with van der Waals surface area (Å²) in [7, 11) is 0. The summed E-state index contributed by atoms with van der Waals surface area (Å²) in [4.78, 5) is 27.7. The number of rotatable bonds is 4. The van der Waals surface area contributed by atoms with Crippen molar-refractivity contribution in [3.63, 3.8) is 0 Å². The molecular weight excluding hydrogens is 230 g/mol. The van der Waals surface area contributed by atoms with Crippen LogP contribution in [0.15, 0.2) is 0 Å². The highest BCUT2D eigenvalue weighted by atomic mass is 16.2. The molecule has 0 aromatic rings. The molecule has 2 atom stereocenters. The zero-order chi connectivity index (χ0) is 13.1. The van der Waals surface area contributed by atoms with E-state index in [1.54, 1.807) is 9.80 Å². The summed E-state index contributed by atoms with van der Waals surface area (Å²) in [6.07, 6.45) is 2.02. The summed E-state index contributed by atoms with van der Waals surface area (Å²) >= 11 is 0. The molecule has 5 nitrogen and oxygen atoms in total. The zero-order valence-corrected chi connectivity index (χ0v) is 11.3. The molecule has 2 amide bonds. The molecule has 0 aliphatic carbocycles. The zero-order valence-electron chi connectivity index (χ0n) is 11.3. The first kappa shape index (κ1) is 13.3. The molecule has 2 fully saturated rings. The second kappa shape index (κ2) is 5.69. The molecule has 2 aliphatic rings. The second-order valence-electron chi connectivity index (χ2n) is 5.09. The molecule has 0 radical (unpaired) electrons. The van der Waals surface area contributed by atoms with E-state index in [4.69, 9.17) is 0 Å². The predicted octanol–water partition coefficient (Wildman–Crippen LogP) is 0.0652. The van der Waals surface area contributed by atoms with E-state index in [1.165, 1.54) is 0 Å². The smallest absolute Gasteiger partial charge is 0.242 e. The Balaban J connectivity index is 1.94. The lowest BCUT2D eigenvalue weighted by atomic mass is 9.94. The van der Waals surface area contributed by atoms with Gasteiger partial charge >= 0.3 is 0 Å². The Bertz CT molecular complexity index is 328. The van der Waals surface area contributed by atoms with Crippen LogP contribution in [0.5, 0.6) is 0 Å². The van der Waals surface area contributed by atoms with E-state index < -0.39 is 0 Å². The van der Waals surface area contributed by atoms with E-state index in [9.17, 15) is 9.59 Å². The lowest BCUT2D eigenvalue weighted by Gasteiger charge is -2.23. The van der Waals surface area contributed by atoms with Crippen LogP contribution in [0.3, 0.4) is 0 Å². The van der Waals surface area contributed by atoms with Gasteiger partial charge in [0.2, 0.25) is 11.8 Å². The number of nitrogens with one attached hydrogen (secondary N) is 1. The SMILES string of the molecule is CCN(CC)C(=O)CN1CC2NCCCC2C1=O. The third-order valence-electron chi connectivity index (χ3n) is 4.07. The Kier molecular flexibility index (Phi) is 4.22. The van der Waals surface area contributed by atoms with Crippen LogP contribution in [0.1, 0.15) is 26.7 Å². The van der Waals surface area contributed by atoms with Gasteiger partial charge in [-0.15, -0.1) is 0 Å². The average molecular weight is 253 g/mol. The van der Waals surface area contributed by atoms with Crippen molar-refractivity contribution < 1.29 is 9.59 Å². The fraction of sp³-hybridized carbons (Fsp3) is 0.846. The topological polar surface area (TPSA) is 52.7 Å². The Morgan fingerprint density at radius 1 is 1.44 bits per heavy atom. The molecule has 18 heavy (non-hydrogen) atoms. The standard InChI is InChI=1S/C13H23N3O2/c1-3-15(4-2)12(17)9-16-8-11-10(13(16)18)6-5-7-14-11/h10-11,14H,3-9H2,1-2H3. The monoisotopic (exact) mass is 253 g/mol. The molecule has 2 heterocycles. The maximum Gasteiger partial charge on any atom is 0.242 e. The molecule has 2 aliphatic heterocycles. The summed E-state index contributed by atoms with van der Waals surface area (Å²) < 4.78 is 0. The molecule has 0 spiro atoms. The van der Waals surface area contributed by atoms with E-state index in [0.717, 1.165) is 19.4 Å². The predicted molar refractivity (Wildman–Crippen MR) is 69.0 cm³/mol. The normalized spacial score (nSPS) is 27.2. The molecule has 0 bridgehead atoms. The van der Waals surface area contributed by atoms with Crippen molar-refractivity contribution in [1.29, 1.82) is 0 Å². The number of likely N-dealkylation sites (tertiary alicyclic amines) is 1. The summed E-state index contributed by atoms with van der Waals surface area (Å²) in [6, 6.07) is 0.260. The third-order valence-corrected chi connectivity index (χ3v) is 4.07. The maximum absolute atomic E-state index is 12.2. The number of fused-ring (bicyclic) bond motifs is 1. The van der Waals surface area contributed by atoms with Crippen molar-refractivity contribution in [3.05, 3.63) is 0 Å². The first-order valence-corrected chi connectivity index (χ1v) is 6.97. The number of hydrogen-bond donors (Lipinski definition) is 1. The van der Waals surface area contributed by atoms with E-state index in [2.05, 4.69) is 5.32 Å². The van der Waals surface area contributed by atoms with Gasteiger partial charge in [-0.1, -0.05) is 0 Å². The van der Waals surface area contributed by atoms with Crippen LogP contribution in [0.25, 0.3) is 0 Å². The Morgan fingerprint density at radius 2 is 2.17 bits per heavy atom. The van der Waals surface area contributed by atoms with Gasteiger partial charge < -0.3 is 15.1 Å². The molecule has 2 rings (SSSR count). The van der Waals surface area contributed by atoms with E-state index in [-0.39, 0.29) is 30.3 Å². The number of hydrogen-bond acceptors (Lipinski definition) is 3. The van der Waals surface area contributed by atoms with Crippen molar-refractivity contribution in [2.45, 2.75) is 32.7 Å². The van der Waals surface area contributed by atoms with Gasteiger partial charge in [-0.25, -0.2) is 0 Å². The van der Waals surface area contributed by atoms with Crippen LogP contribution < -0.4 is 5.32 Å². The van der Waals surface area contributed by atoms with Gasteiger partial charge in [0.15, 0.2) is 0 Å². The summed E-state index contributed by atoms with van der Waals surface area (Å²) in [5, 5.41) is 3.38. The summed E-state index contributed by atoms with van der Waals surface area (Å²) in [5.41, 5.74) is 0. The van der Waals surface area contributed by atoms with Crippen molar-refractivity contribution in [3.8, 4) is 0 Å². The van der Waals surface area contributed by atoms with E-state index >= 15 is 0 Å². The molecule has 2 saturated heterocycles. The first-order valence-electron chi connectivity index (χ1n) is 6.97. The summed E-state index contributed by atoms with van der Waals surface area (Å²) in [6.45, 7) is 7.28. The van der Waals surface area contributed by atoms with Crippen molar-refractivity contribution in [2.75, 3.05) is 32.7 Å². The van der Waals surface area contributed by atoms with Crippen LogP contribution in [0, 0.1) is 5.92 Å². The van der Waals surface area contributed by atoms with Gasteiger partial charge in [0.05, 0.1) is 12.5 Å². The number of carbonyl (C=O) groups excluding carboxylic acids is 2. The lowest BCUT2D eigenvalue weighted by molar-refractivity contribution is -0.139. The largest absolute Gasteiger partial charge is 0.342 e. The molecule has 1 N–H and O–H groups in total. The Labute approximate surface area is 108 Å². The van der Waals surface area contributed by atoms with E-state index in [1.807, 2.05) is 13.8 Å². The van der Waals surface area contributed by atoms with Crippen molar-refractivity contribution in [2.24, 2.45) is 5.92 Å². The van der Waals surface area contributed by atoms with Crippen LogP contribution in [-0.4, -0.2) is 60.4 Å². The Morgan fingerprint density at radius 3 is 2.78 bits per heavy atom. The maximum atomic E-state index is 12.2. The number of piperidine rings is 1. The van der Waals surface area contributed by atoms with E-state index in [0.29, 0.717) is 19.6 Å². The van der Waals surface area contributed by atoms with Crippen molar-refractivity contribution >= 4 is 11.8 Å². The van der Waals surface area contributed by atoms with Gasteiger partial charge in [-0.3, -0.25) is 9.59 Å². The van der Waals surface area contributed by atoms with Crippen LogP contribution in [-0.2, 0) is 9.59 Å². The van der Waals surface area contributed by atoms with Gasteiger partial charge in [-0.05, 0) is 33.2 Å². The molecule has 102 valence electrons. The minimum Gasteiger partial charge on any atom is -0.342 e. The van der Waals surface area contributed by atoms with Gasteiger partial charge in [0.1, 0.15) is 0 Å². The van der Waals surface area contributed by atoms with Gasteiger partial charge in [0.25, 0.3) is 0 Å². The molecule has 0 aromatic heterocycles. The number of likely N-dealkylation sites (N-methyl/N-ethyl adjacent to an activating group) is 1. The highest BCUT2D eigenvalue weighted by molar-refractivity contribution is 5.88. The second-order valence-corrected chi connectivity index (χ2v) is 5.09. The number of carbonyl (C=O) groups is 2. The fourth-order valence-electron chi connectivity index (χ4n) is 2.98. The average Bonchev–Trinajstić information content (AvgIpc) is 2.68. The summed E-state index contributed by atoms with van der Waals surface area (Å²) in [5.74, 6) is 0.322. The lowest BCUT2D eigenvalue weighted by Crippen LogP contribution is -2.42. The molecule has 0 aromatic carbocycles. The molecule has 0 saturated carbocycles. The fourth-order valence-corrected chi connectivity index (χ4v) is 2.98. The van der Waals surface area contributed by atoms with Gasteiger partial charge in [-0.2, -0.15) is 0 Å². The van der Waals surface area contributed by atoms with Crippen LogP contribution in [0.4, 0.5) is 0 Å². The highest BCUT2D eigenvalue weighted by Gasteiger charge is 2.41. The quantitative estimate of drug-likeness (QED) is 0.771. The molecule has 5 heteroatoms. The minimum atomic E-state index is 0.0620. The Hall–Kier alpha value is -1.10. The van der Waals surface area contributed by atoms with Crippen LogP contribution >= 0.6 is 0 Å². The number of nitrogens with zero attached hydrogens (tertiary/aromatic N) is 2.